The smallest absolute Gasteiger partial charge is 0.315 e. The van der Waals surface area contributed by atoms with Gasteiger partial charge in [0, 0.05) is 13.2 Å². The van der Waals surface area contributed by atoms with Crippen LogP contribution in [0.1, 0.15) is 37.3 Å². The Labute approximate surface area is 124 Å². The monoisotopic (exact) mass is 292 g/mol. The molecule has 114 valence electrons. The van der Waals surface area contributed by atoms with E-state index in [0.717, 1.165) is 24.9 Å². The molecule has 2 amide bonds. The van der Waals surface area contributed by atoms with Crippen LogP contribution in [0.3, 0.4) is 0 Å². The molecule has 5 heteroatoms. The molecule has 0 aromatic heterocycles. The van der Waals surface area contributed by atoms with Gasteiger partial charge in [0.05, 0.1) is 12.1 Å². The molecule has 2 aliphatic rings. The van der Waals surface area contributed by atoms with Crippen molar-refractivity contribution < 1.29 is 13.9 Å². The molecule has 2 atom stereocenters. The molecule has 0 unspecified atom stereocenters. The van der Waals surface area contributed by atoms with Gasteiger partial charge >= 0.3 is 6.03 Å². The summed E-state index contributed by atoms with van der Waals surface area (Å²) in [5.41, 5.74) is 0.880. The first-order chi connectivity index (χ1) is 10.2. The third kappa shape index (κ3) is 3.94. The Morgan fingerprint density at radius 1 is 1.29 bits per heavy atom. The Balaban J connectivity index is 1.65. The van der Waals surface area contributed by atoms with Crippen LogP contribution >= 0.6 is 0 Å². The number of benzene rings is 1. The van der Waals surface area contributed by atoms with Gasteiger partial charge in [0.15, 0.2) is 0 Å². The zero-order chi connectivity index (χ0) is 14.7. The second kappa shape index (κ2) is 6.43. The molecule has 0 spiro atoms. The number of urea groups is 1. The maximum Gasteiger partial charge on any atom is 0.315 e. The van der Waals surface area contributed by atoms with Crippen molar-refractivity contribution in [2.45, 2.75) is 37.8 Å². The Hall–Kier alpha value is -1.62. The van der Waals surface area contributed by atoms with Gasteiger partial charge < -0.3 is 15.4 Å². The average molecular weight is 292 g/mol. The normalized spacial score (nSPS) is 22.8. The van der Waals surface area contributed by atoms with Crippen molar-refractivity contribution in [2.75, 3.05) is 13.2 Å². The maximum absolute atomic E-state index is 13.1. The minimum Gasteiger partial charge on any atom is -0.376 e. The molecule has 1 aliphatic heterocycles. The highest BCUT2D eigenvalue weighted by molar-refractivity contribution is 5.74. The van der Waals surface area contributed by atoms with E-state index in [1.165, 1.54) is 25.0 Å². The lowest BCUT2D eigenvalue weighted by Gasteiger charge is -2.25. The molecule has 0 bridgehead atoms. The standard InChI is InChI=1S/C16H21FN2O2/c17-13-7-5-12(6-8-13)15(14-2-1-9-21-14)19-16(20)18-10-11-3-4-11/h5-8,11,14-15H,1-4,9-10H2,(H2,18,19,20)/t14-,15+/m0/s1. The second-order valence-corrected chi connectivity index (χ2v) is 5.88. The Morgan fingerprint density at radius 2 is 2.05 bits per heavy atom. The van der Waals surface area contributed by atoms with Crippen molar-refractivity contribution in [3.05, 3.63) is 35.6 Å². The first-order valence-electron chi connectivity index (χ1n) is 7.64. The predicted octanol–water partition coefficient (Wildman–Crippen LogP) is 2.76. The highest BCUT2D eigenvalue weighted by Gasteiger charge is 2.29. The largest absolute Gasteiger partial charge is 0.376 e. The predicted molar refractivity (Wildman–Crippen MR) is 77.4 cm³/mol. The zero-order valence-corrected chi connectivity index (χ0v) is 12.0. The van der Waals surface area contributed by atoms with Gasteiger partial charge in [-0.3, -0.25) is 0 Å². The third-order valence-electron chi connectivity index (χ3n) is 4.10. The minimum absolute atomic E-state index is 0.0397. The number of ether oxygens (including phenoxy) is 1. The van der Waals surface area contributed by atoms with Gasteiger partial charge in [0.25, 0.3) is 0 Å². The molecule has 1 saturated carbocycles. The van der Waals surface area contributed by atoms with Gasteiger partial charge in [-0.15, -0.1) is 0 Å². The molecular formula is C16H21FN2O2. The summed E-state index contributed by atoms with van der Waals surface area (Å²) in [6, 6.07) is 5.85. The minimum atomic E-state index is -0.275. The van der Waals surface area contributed by atoms with E-state index in [0.29, 0.717) is 12.5 Å². The number of hydrogen-bond acceptors (Lipinski definition) is 2. The highest BCUT2D eigenvalue weighted by Crippen LogP contribution is 2.28. The molecule has 2 N–H and O–H groups in total. The topological polar surface area (TPSA) is 50.4 Å². The Kier molecular flexibility index (Phi) is 4.39. The lowest BCUT2D eigenvalue weighted by Crippen LogP contribution is -2.42. The van der Waals surface area contributed by atoms with E-state index in [1.807, 2.05) is 0 Å². The van der Waals surface area contributed by atoms with Crippen LogP contribution in [0.15, 0.2) is 24.3 Å². The average Bonchev–Trinajstić information content (AvgIpc) is 3.16. The van der Waals surface area contributed by atoms with Crippen LogP contribution in [0.5, 0.6) is 0 Å². The van der Waals surface area contributed by atoms with Crippen molar-refractivity contribution in [3.8, 4) is 0 Å². The van der Waals surface area contributed by atoms with Crippen molar-refractivity contribution >= 4 is 6.03 Å². The summed E-state index contributed by atoms with van der Waals surface area (Å²) in [5, 5.41) is 5.88. The number of rotatable bonds is 5. The molecule has 1 aromatic rings. The SMILES string of the molecule is O=C(NCC1CC1)N[C@H](c1ccc(F)cc1)[C@@H]1CCCO1. The van der Waals surface area contributed by atoms with Gasteiger partial charge in [0.2, 0.25) is 0 Å². The van der Waals surface area contributed by atoms with E-state index in [4.69, 9.17) is 4.74 Å². The van der Waals surface area contributed by atoms with Crippen LogP contribution in [0, 0.1) is 11.7 Å². The van der Waals surface area contributed by atoms with E-state index in [2.05, 4.69) is 10.6 Å². The van der Waals surface area contributed by atoms with Crippen LogP contribution in [0.25, 0.3) is 0 Å². The van der Waals surface area contributed by atoms with E-state index in [9.17, 15) is 9.18 Å². The fourth-order valence-corrected chi connectivity index (χ4v) is 2.68. The van der Waals surface area contributed by atoms with Crippen molar-refractivity contribution in [1.29, 1.82) is 0 Å². The molecule has 21 heavy (non-hydrogen) atoms. The van der Waals surface area contributed by atoms with Crippen LogP contribution in [0.4, 0.5) is 9.18 Å². The van der Waals surface area contributed by atoms with Crippen LogP contribution in [-0.4, -0.2) is 25.3 Å². The number of carbonyl (C=O) groups excluding carboxylic acids is 1. The molecular weight excluding hydrogens is 271 g/mol. The summed E-state index contributed by atoms with van der Waals surface area (Å²) in [6.07, 6.45) is 4.27. The van der Waals surface area contributed by atoms with Crippen LogP contribution < -0.4 is 10.6 Å². The summed E-state index contributed by atoms with van der Waals surface area (Å²) < 4.78 is 18.8. The first-order valence-corrected chi connectivity index (χ1v) is 7.64. The van der Waals surface area contributed by atoms with Gasteiger partial charge in [-0.25, -0.2) is 9.18 Å². The molecule has 1 heterocycles. The highest BCUT2D eigenvalue weighted by atomic mass is 19.1. The number of carbonyl (C=O) groups is 1. The third-order valence-corrected chi connectivity index (χ3v) is 4.10. The number of amides is 2. The van der Waals surface area contributed by atoms with E-state index >= 15 is 0 Å². The summed E-state index contributed by atoms with van der Waals surface area (Å²) >= 11 is 0. The summed E-state index contributed by atoms with van der Waals surface area (Å²) in [6.45, 7) is 1.45. The van der Waals surface area contributed by atoms with E-state index in [-0.39, 0.29) is 24.0 Å². The van der Waals surface area contributed by atoms with E-state index < -0.39 is 0 Å². The van der Waals surface area contributed by atoms with Crippen molar-refractivity contribution in [2.24, 2.45) is 5.92 Å². The van der Waals surface area contributed by atoms with Gasteiger partial charge in [-0.1, -0.05) is 12.1 Å². The number of hydrogen-bond donors (Lipinski definition) is 2. The molecule has 1 saturated heterocycles. The first kappa shape index (κ1) is 14.3. The molecule has 0 radical (unpaired) electrons. The van der Waals surface area contributed by atoms with Crippen molar-refractivity contribution in [3.63, 3.8) is 0 Å². The lowest BCUT2D eigenvalue weighted by molar-refractivity contribution is 0.0807. The maximum atomic E-state index is 13.1. The Bertz CT molecular complexity index is 482. The number of nitrogens with one attached hydrogen (secondary N) is 2. The second-order valence-electron chi connectivity index (χ2n) is 5.88. The lowest BCUT2D eigenvalue weighted by atomic mass is 9.99. The summed E-state index contributed by atoms with van der Waals surface area (Å²) in [5.74, 6) is 0.366. The van der Waals surface area contributed by atoms with Crippen molar-refractivity contribution in [1.82, 2.24) is 10.6 Å². The summed E-state index contributed by atoms with van der Waals surface area (Å²) in [4.78, 5) is 12.0. The fourth-order valence-electron chi connectivity index (χ4n) is 2.68. The van der Waals surface area contributed by atoms with Crippen LogP contribution in [-0.2, 0) is 4.74 Å². The zero-order valence-electron chi connectivity index (χ0n) is 12.0. The van der Waals surface area contributed by atoms with E-state index in [1.54, 1.807) is 12.1 Å². The molecule has 2 fully saturated rings. The summed E-state index contributed by atoms with van der Waals surface area (Å²) in [7, 11) is 0. The molecule has 1 aliphatic carbocycles. The quantitative estimate of drug-likeness (QED) is 0.876. The van der Waals surface area contributed by atoms with Gasteiger partial charge in [-0.2, -0.15) is 0 Å². The van der Waals surface area contributed by atoms with Gasteiger partial charge in [0.1, 0.15) is 5.82 Å². The molecule has 4 nitrogen and oxygen atoms in total. The van der Waals surface area contributed by atoms with Crippen LogP contribution in [0.2, 0.25) is 0 Å². The molecule has 3 rings (SSSR count). The number of halogens is 1. The fraction of sp³-hybridized carbons (Fsp3) is 0.562. The van der Waals surface area contributed by atoms with Gasteiger partial charge in [-0.05, 0) is 49.3 Å². The molecule has 1 aromatic carbocycles. The Morgan fingerprint density at radius 3 is 2.67 bits per heavy atom.